The zero-order valence-electron chi connectivity index (χ0n) is 9.44. The predicted octanol–water partition coefficient (Wildman–Crippen LogP) is 1.88. The van der Waals surface area contributed by atoms with Gasteiger partial charge in [0.2, 0.25) is 0 Å². The van der Waals surface area contributed by atoms with Crippen LogP contribution in [0.15, 0.2) is 18.2 Å². The van der Waals surface area contributed by atoms with Crippen LogP contribution in [0.1, 0.15) is 18.9 Å². The van der Waals surface area contributed by atoms with E-state index in [1.807, 2.05) is 31.0 Å². The normalized spacial score (nSPS) is 11.2. The smallest absolute Gasteiger partial charge is 0.101 e. The summed E-state index contributed by atoms with van der Waals surface area (Å²) >= 11 is 0. The Hall–Kier alpha value is -2.20. The standard InChI is InChI=1S/C12H14N4/c1-9(5-6-13)16(2)11-3-4-12(15)10(7-11)8-14/h3-4,7,9H,5,15H2,1-2H3. The molecule has 1 aromatic carbocycles. The number of hydrogen-bond donors (Lipinski definition) is 1. The van der Waals surface area contributed by atoms with Gasteiger partial charge in [-0.2, -0.15) is 10.5 Å². The van der Waals surface area contributed by atoms with Gasteiger partial charge in [0.15, 0.2) is 0 Å². The van der Waals surface area contributed by atoms with Gasteiger partial charge in [0.05, 0.1) is 18.1 Å². The summed E-state index contributed by atoms with van der Waals surface area (Å²) in [4.78, 5) is 1.96. The Morgan fingerprint density at radius 2 is 2.12 bits per heavy atom. The lowest BCUT2D eigenvalue weighted by atomic mass is 10.1. The van der Waals surface area contributed by atoms with Gasteiger partial charge < -0.3 is 10.6 Å². The number of benzene rings is 1. The van der Waals surface area contributed by atoms with Crippen LogP contribution in [0.3, 0.4) is 0 Å². The first-order valence-corrected chi connectivity index (χ1v) is 4.99. The molecule has 0 amide bonds. The Bertz CT molecular complexity index is 453. The summed E-state index contributed by atoms with van der Waals surface area (Å²) in [6.07, 6.45) is 0.447. The third-order valence-electron chi connectivity index (χ3n) is 2.61. The fourth-order valence-corrected chi connectivity index (χ4v) is 1.38. The average molecular weight is 214 g/mol. The van der Waals surface area contributed by atoms with Gasteiger partial charge in [0.25, 0.3) is 0 Å². The molecule has 0 aliphatic rings. The molecule has 0 bridgehead atoms. The van der Waals surface area contributed by atoms with E-state index in [0.29, 0.717) is 17.7 Å². The molecule has 0 saturated carbocycles. The van der Waals surface area contributed by atoms with E-state index < -0.39 is 0 Å². The van der Waals surface area contributed by atoms with Gasteiger partial charge in [-0.1, -0.05) is 0 Å². The molecule has 1 atom stereocenters. The van der Waals surface area contributed by atoms with Crippen molar-refractivity contribution in [3.05, 3.63) is 23.8 Å². The highest BCUT2D eigenvalue weighted by Gasteiger charge is 2.10. The molecule has 1 aromatic rings. The molecule has 1 rings (SSSR count). The summed E-state index contributed by atoms with van der Waals surface area (Å²) in [6, 6.07) is 9.59. The molecule has 1 unspecified atom stereocenters. The van der Waals surface area contributed by atoms with Crippen molar-refractivity contribution in [2.75, 3.05) is 17.7 Å². The van der Waals surface area contributed by atoms with Gasteiger partial charge in [-0.05, 0) is 25.1 Å². The number of nitrogens with two attached hydrogens (primary N) is 1. The van der Waals surface area contributed by atoms with E-state index in [2.05, 4.69) is 6.07 Å². The van der Waals surface area contributed by atoms with E-state index in [1.165, 1.54) is 0 Å². The van der Waals surface area contributed by atoms with E-state index in [1.54, 1.807) is 12.1 Å². The molecular weight excluding hydrogens is 200 g/mol. The van der Waals surface area contributed by atoms with Crippen LogP contribution in [0.5, 0.6) is 0 Å². The average Bonchev–Trinajstić information content (AvgIpc) is 2.29. The lowest BCUT2D eigenvalue weighted by molar-refractivity contribution is 0.702. The molecule has 82 valence electrons. The summed E-state index contributed by atoms with van der Waals surface area (Å²) in [7, 11) is 1.90. The predicted molar refractivity (Wildman–Crippen MR) is 63.7 cm³/mol. The molecule has 0 saturated heterocycles. The number of nitrogens with zero attached hydrogens (tertiary/aromatic N) is 3. The minimum atomic E-state index is 0.111. The topological polar surface area (TPSA) is 76.8 Å². The van der Waals surface area contributed by atoms with Crippen LogP contribution in [-0.2, 0) is 0 Å². The third kappa shape index (κ3) is 2.43. The minimum Gasteiger partial charge on any atom is -0.398 e. The van der Waals surface area contributed by atoms with Crippen LogP contribution in [0.25, 0.3) is 0 Å². The number of nitrogen functional groups attached to an aromatic ring is 1. The monoisotopic (exact) mass is 214 g/mol. The number of nitriles is 2. The van der Waals surface area contributed by atoms with Crippen molar-refractivity contribution in [1.82, 2.24) is 0 Å². The third-order valence-corrected chi connectivity index (χ3v) is 2.61. The van der Waals surface area contributed by atoms with Gasteiger partial charge in [-0.25, -0.2) is 0 Å². The maximum Gasteiger partial charge on any atom is 0.101 e. The van der Waals surface area contributed by atoms with Crippen molar-refractivity contribution in [1.29, 1.82) is 10.5 Å². The molecule has 0 aliphatic heterocycles. The van der Waals surface area contributed by atoms with Crippen molar-refractivity contribution >= 4 is 11.4 Å². The van der Waals surface area contributed by atoms with Crippen molar-refractivity contribution in [2.24, 2.45) is 0 Å². The van der Waals surface area contributed by atoms with Crippen molar-refractivity contribution in [3.8, 4) is 12.1 Å². The summed E-state index contributed by atoms with van der Waals surface area (Å²) in [5.74, 6) is 0. The quantitative estimate of drug-likeness (QED) is 0.779. The minimum absolute atomic E-state index is 0.111. The zero-order chi connectivity index (χ0) is 12.1. The molecule has 4 heteroatoms. The molecule has 4 nitrogen and oxygen atoms in total. The highest BCUT2D eigenvalue weighted by Crippen LogP contribution is 2.21. The van der Waals surface area contributed by atoms with Crippen molar-refractivity contribution < 1.29 is 0 Å². The second kappa shape index (κ2) is 5.04. The largest absolute Gasteiger partial charge is 0.398 e. The Kier molecular flexibility index (Phi) is 3.74. The first kappa shape index (κ1) is 11.9. The Labute approximate surface area is 95.5 Å². The van der Waals surface area contributed by atoms with Gasteiger partial charge in [-0.3, -0.25) is 0 Å². The van der Waals surface area contributed by atoms with Gasteiger partial charge in [-0.15, -0.1) is 0 Å². The molecular formula is C12H14N4. The molecule has 0 aromatic heterocycles. The second-order valence-corrected chi connectivity index (χ2v) is 3.71. The maximum absolute atomic E-state index is 8.87. The van der Waals surface area contributed by atoms with Gasteiger partial charge >= 0.3 is 0 Å². The molecule has 0 spiro atoms. The van der Waals surface area contributed by atoms with E-state index >= 15 is 0 Å². The van der Waals surface area contributed by atoms with E-state index in [4.69, 9.17) is 16.3 Å². The summed E-state index contributed by atoms with van der Waals surface area (Å²) < 4.78 is 0. The van der Waals surface area contributed by atoms with Crippen LogP contribution in [-0.4, -0.2) is 13.1 Å². The molecule has 16 heavy (non-hydrogen) atoms. The van der Waals surface area contributed by atoms with Crippen LogP contribution < -0.4 is 10.6 Å². The number of hydrogen-bond acceptors (Lipinski definition) is 4. The molecule has 0 fully saturated rings. The number of rotatable bonds is 3. The van der Waals surface area contributed by atoms with Crippen LogP contribution in [0.4, 0.5) is 11.4 Å². The molecule has 0 heterocycles. The fraction of sp³-hybridized carbons (Fsp3) is 0.333. The van der Waals surface area contributed by atoms with E-state index in [0.717, 1.165) is 5.69 Å². The zero-order valence-corrected chi connectivity index (χ0v) is 9.44. The first-order chi connectivity index (χ1) is 7.60. The summed E-state index contributed by atoms with van der Waals surface area (Å²) in [5, 5.41) is 17.5. The first-order valence-electron chi connectivity index (χ1n) is 4.99. The van der Waals surface area contributed by atoms with E-state index in [-0.39, 0.29) is 6.04 Å². The SMILES string of the molecule is CC(CC#N)N(C)c1ccc(N)c(C#N)c1. The van der Waals surface area contributed by atoms with Crippen molar-refractivity contribution in [3.63, 3.8) is 0 Å². The summed E-state index contributed by atoms with van der Waals surface area (Å²) in [6.45, 7) is 1.96. The van der Waals surface area contributed by atoms with Crippen LogP contribution in [0, 0.1) is 22.7 Å². The van der Waals surface area contributed by atoms with Crippen molar-refractivity contribution in [2.45, 2.75) is 19.4 Å². The molecule has 0 aliphatic carbocycles. The Morgan fingerprint density at radius 1 is 1.44 bits per heavy atom. The second-order valence-electron chi connectivity index (χ2n) is 3.71. The van der Waals surface area contributed by atoms with Gasteiger partial charge in [0, 0.05) is 24.5 Å². The van der Waals surface area contributed by atoms with Gasteiger partial charge in [0.1, 0.15) is 6.07 Å². The lowest BCUT2D eigenvalue weighted by Crippen LogP contribution is -2.28. The highest BCUT2D eigenvalue weighted by molar-refractivity contribution is 5.62. The Morgan fingerprint density at radius 3 is 2.69 bits per heavy atom. The van der Waals surface area contributed by atoms with Crippen LogP contribution in [0.2, 0.25) is 0 Å². The van der Waals surface area contributed by atoms with Crippen LogP contribution >= 0.6 is 0 Å². The lowest BCUT2D eigenvalue weighted by Gasteiger charge is -2.25. The molecule has 2 N–H and O–H groups in total. The Balaban J connectivity index is 2.98. The van der Waals surface area contributed by atoms with E-state index in [9.17, 15) is 0 Å². The summed E-state index contributed by atoms with van der Waals surface area (Å²) in [5.41, 5.74) is 7.48. The fourth-order valence-electron chi connectivity index (χ4n) is 1.38. The maximum atomic E-state index is 8.87. The molecule has 0 radical (unpaired) electrons. The highest BCUT2D eigenvalue weighted by atomic mass is 15.1. The number of anilines is 2.